The first-order valence-electron chi connectivity index (χ1n) is 10.5. The molecule has 1 unspecified atom stereocenters. The number of hydrogen-bond donors (Lipinski definition) is 0. The third-order valence-electron chi connectivity index (χ3n) is 7.21. The normalized spacial score (nSPS) is 30.2. The lowest BCUT2D eigenvalue weighted by atomic mass is 9.49. The van der Waals surface area contributed by atoms with Gasteiger partial charge >= 0.3 is 0 Å². The number of hydrogen-bond acceptors (Lipinski definition) is 4. The van der Waals surface area contributed by atoms with E-state index < -0.39 is 0 Å². The van der Waals surface area contributed by atoms with Crippen molar-refractivity contribution < 1.29 is 4.42 Å². The van der Waals surface area contributed by atoms with Crippen LogP contribution in [0.2, 0.25) is 0 Å². The van der Waals surface area contributed by atoms with Crippen LogP contribution in [0.3, 0.4) is 0 Å². The predicted molar refractivity (Wildman–Crippen MR) is 112 cm³/mol. The number of fused-ring (bicyclic) bond motifs is 3. The van der Waals surface area contributed by atoms with Crippen LogP contribution in [0.4, 0.5) is 0 Å². The van der Waals surface area contributed by atoms with Crippen molar-refractivity contribution in [1.29, 1.82) is 0 Å². The number of aromatic nitrogens is 2. The van der Waals surface area contributed by atoms with E-state index in [1.54, 1.807) is 22.9 Å². The molecule has 1 aromatic heterocycles. The van der Waals surface area contributed by atoms with Gasteiger partial charge < -0.3 is 4.42 Å². The Labute approximate surface area is 167 Å². The first-order valence-corrected chi connectivity index (χ1v) is 11.5. The Kier molecular flexibility index (Phi) is 4.90. The Morgan fingerprint density at radius 1 is 1.19 bits per heavy atom. The molecule has 0 spiro atoms. The molecular formula is C23H32N2OS. The van der Waals surface area contributed by atoms with E-state index in [9.17, 15) is 0 Å². The van der Waals surface area contributed by atoms with Crippen molar-refractivity contribution in [2.24, 2.45) is 5.92 Å². The molecule has 0 bridgehead atoms. The minimum atomic E-state index is -0.0268. The van der Waals surface area contributed by atoms with E-state index in [1.165, 1.54) is 24.8 Å². The second-order valence-corrected chi connectivity index (χ2v) is 10.4. The van der Waals surface area contributed by atoms with Crippen LogP contribution in [0, 0.1) is 5.92 Å². The average Bonchev–Trinajstić information content (AvgIpc) is 3.11. The SMILES string of the molecule is CCSc1nnc([C@]2(C)CCC[C@]3(C)c4ccc(C(C)C)cc4CCC23)o1. The third kappa shape index (κ3) is 3.04. The van der Waals surface area contributed by atoms with Crippen LogP contribution in [0.25, 0.3) is 0 Å². The zero-order chi connectivity index (χ0) is 19.2. The van der Waals surface area contributed by atoms with E-state index in [0.717, 1.165) is 29.7 Å². The molecular weight excluding hydrogens is 352 g/mol. The molecule has 0 radical (unpaired) electrons. The molecule has 2 aromatic rings. The van der Waals surface area contributed by atoms with Crippen molar-refractivity contribution in [1.82, 2.24) is 10.2 Å². The lowest BCUT2D eigenvalue weighted by Gasteiger charge is -2.54. The number of thioether (sulfide) groups is 1. The van der Waals surface area contributed by atoms with Crippen molar-refractivity contribution in [3.8, 4) is 0 Å². The van der Waals surface area contributed by atoms with Gasteiger partial charge in [-0.1, -0.05) is 71.0 Å². The Bertz CT molecular complexity index is 830. The molecule has 0 aliphatic heterocycles. The number of nitrogens with zero attached hydrogens (tertiary/aromatic N) is 2. The lowest BCUT2D eigenvalue weighted by Crippen LogP contribution is -2.51. The van der Waals surface area contributed by atoms with E-state index in [0.29, 0.717) is 11.8 Å². The molecule has 1 heterocycles. The Morgan fingerprint density at radius 2 is 1.96 bits per heavy atom. The smallest absolute Gasteiger partial charge is 0.276 e. The van der Waals surface area contributed by atoms with Crippen LogP contribution in [0.15, 0.2) is 27.8 Å². The Morgan fingerprint density at radius 3 is 2.70 bits per heavy atom. The van der Waals surface area contributed by atoms with E-state index in [2.05, 4.69) is 63.0 Å². The zero-order valence-corrected chi connectivity index (χ0v) is 18.2. The highest BCUT2D eigenvalue weighted by Crippen LogP contribution is 2.58. The highest BCUT2D eigenvalue weighted by atomic mass is 32.2. The zero-order valence-electron chi connectivity index (χ0n) is 17.3. The summed E-state index contributed by atoms with van der Waals surface area (Å²) >= 11 is 1.64. The molecule has 0 amide bonds. The summed E-state index contributed by atoms with van der Waals surface area (Å²) in [6.07, 6.45) is 5.99. The second kappa shape index (κ2) is 6.95. The van der Waals surface area contributed by atoms with Gasteiger partial charge in [-0.25, -0.2) is 0 Å². The average molecular weight is 385 g/mol. The van der Waals surface area contributed by atoms with E-state index in [-0.39, 0.29) is 10.8 Å². The molecule has 146 valence electrons. The van der Waals surface area contributed by atoms with Gasteiger partial charge in [0.25, 0.3) is 5.22 Å². The highest BCUT2D eigenvalue weighted by Gasteiger charge is 2.54. The fourth-order valence-corrected chi connectivity index (χ4v) is 6.23. The van der Waals surface area contributed by atoms with Crippen molar-refractivity contribution >= 4 is 11.8 Å². The van der Waals surface area contributed by atoms with Gasteiger partial charge in [-0.2, -0.15) is 0 Å². The van der Waals surface area contributed by atoms with Gasteiger partial charge in [-0.05, 0) is 65.4 Å². The molecule has 1 saturated carbocycles. The molecule has 3 nitrogen and oxygen atoms in total. The number of aryl methyl sites for hydroxylation is 1. The predicted octanol–water partition coefficient (Wildman–Crippen LogP) is 6.27. The van der Waals surface area contributed by atoms with Crippen LogP contribution in [-0.2, 0) is 17.3 Å². The second-order valence-electron chi connectivity index (χ2n) is 9.16. The summed E-state index contributed by atoms with van der Waals surface area (Å²) in [6.45, 7) is 11.6. The van der Waals surface area contributed by atoms with Crippen LogP contribution >= 0.6 is 11.8 Å². The summed E-state index contributed by atoms with van der Waals surface area (Å²) in [5.74, 6) is 2.96. The molecule has 27 heavy (non-hydrogen) atoms. The van der Waals surface area contributed by atoms with E-state index in [1.807, 2.05) is 0 Å². The van der Waals surface area contributed by atoms with Gasteiger partial charge in [-0.3, -0.25) is 0 Å². The topological polar surface area (TPSA) is 38.9 Å². The van der Waals surface area contributed by atoms with Gasteiger partial charge in [0, 0.05) is 5.41 Å². The quantitative estimate of drug-likeness (QED) is 0.583. The van der Waals surface area contributed by atoms with E-state index >= 15 is 0 Å². The molecule has 0 saturated heterocycles. The van der Waals surface area contributed by atoms with Gasteiger partial charge in [-0.15, -0.1) is 10.2 Å². The molecule has 1 aromatic carbocycles. The minimum absolute atomic E-state index is 0.0268. The fourth-order valence-electron chi connectivity index (χ4n) is 5.75. The Balaban J connectivity index is 1.73. The largest absolute Gasteiger partial charge is 0.415 e. The summed E-state index contributed by atoms with van der Waals surface area (Å²) < 4.78 is 6.14. The number of benzene rings is 1. The molecule has 2 aliphatic carbocycles. The summed E-state index contributed by atoms with van der Waals surface area (Å²) in [5.41, 5.74) is 4.77. The first kappa shape index (κ1) is 19.0. The maximum absolute atomic E-state index is 6.14. The van der Waals surface area contributed by atoms with Gasteiger partial charge in [0.15, 0.2) is 0 Å². The lowest BCUT2D eigenvalue weighted by molar-refractivity contribution is 0.0633. The van der Waals surface area contributed by atoms with Gasteiger partial charge in [0.1, 0.15) is 0 Å². The summed E-state index contributed by atoms with van der Waals surface area (Å²) in [5, 5.41) is 9.54. The van der Waals surface area contributed by atoms with Crippen LogP contribution < -0.4 is 0 Å². The summed E-state index contributed by atoms with van der Waals surface area (Å²) in [4.78, 5) is 0. The van der Waals surface area contributed by atoms with Gasteiger partial charge in [0.05, 0.1) is 0 Å². The third-order valence-corrected chi connectivity index (χ3v) is 7.91. The van der Waals surface area contributed by atoms with Crippen LogP contribution in [0.5, 0.6) is 0 Å². The fraction of sp³-hybridized carbons (Fsp3) is 0.652. The molecule has 0 N–H and O–H groups in total. The van der Waals surface area contributed by atoms with Gasteiger partial charge in [0.2, 0.25) is 5.89 Å². The van der Waals surface area contributed by atoms with Crippen LogP contribution in [0.1, 0.15) is 88.8 Å². The van der Waals surface area contributed by atoms with Crippen molar-refractivity contribution in [2.75, 3.05) is 5.75 Å². The molecule has 4 heteroatoms. The van der Waals surface area contributed by atoms with Crippen molar-refractivity contribution in [3.05, 3.63) is 40.8 Å². The van der Waals surface area contributed by atoms with E-state index in [4.69, 9.17) is 4.42 Å². The minimum Gasteiger partial charge on any atom is -0.415 e. The van der Waals surface area contributed by atoms with Crippen molar-refractivity contribution in [3.63, 3.8) is 0 Å². The molecule has 4 rings (SSSR count). The highest BCUT2D eigenvalue weighted by molar-refractivity contribution is 7.99. The summed E-state index contributed by atoms with van der Waals surface area (Å²) in [7, 11) is 0. The van der Waals surface area contributed by atoms with Crippen LogP contribution in [-0.4, -0.2) is 16.0 Å². The standard InChI is InChI=1S/C23H32N2OS/c1-6-27-21-25-24-20(26-21)23(5)13-7-12-22(4)18-10-8-16(15(2)3)14-17(18)9-11-19(22)23/h8,10,14-15,19H,6-7,9,11-13H2,1-5H3/t19?,22-,23-/m1/s1. The maximum Gasteiger partial charge on any atom is 0.276 e. The van der Waals surface area contributed by atoms with Crippen molar-refractivity contribution in [2.45, 2.75) is 88.7 Å². The number of rotatable bonds is 4. The maximum atomic E-state index is 6.14. The summed E-state index contributed by atoms with van der Waals surface area (Å²) in [6, 6.07) is 7.25. The molecule has 2 aliphatic rings. The molecule has 1 fully saturated rings. The first-order chi connectivity index (χ1) is 12.9. The monoisotopic (exact) mass is 384 g/mol. The molecule has 3 atom stereocenters. The Hall–Kier alpha value is -1.29.